The molecule has 0 amide bonds. The molecule has 0 spiro atoms. The number of benzene rings is 1. The van der Waals surface area contributed by atoms with E-state index in [-0.39, 0.29) is 17.5 Å². The number of hydrogen-bond acceptors (Lipinski definition) is 4. The number of nitrogens with zero attached hydrogens (tertiary/aromatic N) is 2. The van der Waals surface area contributed by atoms with Crippen LogP contribution in [0.15, 0.2) is 24.3 Å². The summed E-state index contributed by atoms with van der Waals surface area (Å²) in [6.07, 6.45) is 3.77. The number of para-hydroxylation sites is 1. The van der Waals surface area contributed by atoms with E-state index in [0.717, 1.165) is 58.4 Å². The van der Waals surface area contributed by atoms with E-state index in [1.54, 1.807) is 0 Å². The smallest absolute Gasteiger partial charge is 0.312 e. The Morgan fingerprint density at radius 2 is 1.78 bits per heavy atom. The summed E-state index contributed by atoms with van der Waals surface area (Å²) in [4.78, 5) is 17.3. The van der Waals surface area contributed by atoms with Crippen LogP contribution in [0.4, 0.5) is 5.69 Å². The summed E-state index contributed by atoms with van der Waals surface area (Å²) in [5.41, 5.74) is 2.62. The summed E-state index contributed by atoms with van der Waals surface area (Å²) in [5, 5.41) is 0. The van der Waals surface area contributed by atoms with Crippen LogP contribution in [0.1, 0.15) is 64.9 Å². The molecule has 4 heteroatoms. The maximum atomic E-state index is 12.3. The monoisotopic (exact) mass is 372 g/mol. The van der Waals surface area contributed by atoms with Gasteiger partial charge in [0.25, 0.3) is 0 Å². The summed E-state index contributed by atoms with van der Waals surface area (Å²) < 4.78 is 5.71. The number of carbonyl (C=O) groups excluding carboxylic acids is 1. The third-order valence-electron chi connectivity index (χ3n) is 6.72. The number of rotatable bonds is 7. The van der Waals surface area contributed by atoms with Crippen molar-refractivity contribution in [3.63, 3.8) is 0 Å². The Bertz CT molecular complexity index is 631. The third kappa shape index (κ3) is 4.31. The Morgan fingerprint density at radius 3 is 2.37 bits per heavy atom. The van der Waals surface area contributed by atoms with Crippen LogP contribution in [0, 0.1) is 5.41 Å². The second kappa shape index (κ2) is 8.64. The van der Waals surface area contributed by atoms with E-state index < -0.39 is 0 Å². The zero-order valence-corrected chi connectivity index (χ0v) is 17.5. The van der Waals surface area contributed by atoms with Crippen molar-refractivity contribution >= 4 is 11.7 Å². The van der Waals surface area contributed by atoms with E-state index in [1.165, 1.54) is 11.3 Å². The Labute approximate surface area is 164 Å². The highest BCUT2D eigenvalue weighted by Crippen LogP contribution is 2.41. The first-order chi connectivity index (χ1) is 13.0. The molecule has 2 saturated heterocycles. The highest BCUT2D eigenvalue weighted by Gasteiger charge is 2.46. The molecule has 27 heavy (non-hydrogen) atoms. The molecule has 4 nitrogen and oxygen atoms in total. The Morgan fingerprint density at radius 1 is 1.11 bits per heavy atom. The van der Waals surface area contributed by atoms with Crippen molar-refractivity contribution in [3.8, 4) is 0 Å². The molecule has 0 unspecified atom stereocenters. The molecule has 0 N–H and O–H groups in total. The molecule has 150 valence electrons. The molecule has 1 aromatic carbocycles. The number of carbonyl (C=O) groups is 1. The average Bonchev–Trinajstić information content (AvgIpc) is 3.02. The number of piperazine rings is 1. The predicted octanol–water partition coefficient (Wildman–Crippen LogP) is 4.44. The van der Waals surface area contributed by atoms with Gasteiger partial charge in [-0.1, -0.05) is 45.9 Å². The summed E-state index contributed by atoms with van der Waals surface area (Å²) in [5.74, 6) is 0.585. The van der Waals surface area contributed by atoms with Gasteiger partial charge in [0.15, 0.2) is 0 Å². The molecule has 1 atom stereocenters. The van der Waals surface area contributed by atoms with E-state index in [0.29, 0.717) is 5.92 Å². The fourth-order valence-electron chi connectivity index (χ4n) is 4.63. The van der Waals surface area contributed by atoms with Crippen molar-refractivity contribution in [2.45, 2.75) is 65.4 Å². The molecule has 1 aromatic rings. The number of esters is 1. The molecule has 2 heterocycles. The third-order valence-corrected chi connectivity index (χ3v) is 6.72. The zero-order valence-electron chi connectivity index (χ0n) is 17.5. The molecule has 2 aliphatic rings. The first kappa shape index (κ1) is 20.2. The van der Waals surface area contributed by atoms with E-state index in [2.05, 4.69) is 61.8 Å². The van der Waals surface area contributed by atoms with Gasteiger partial charge in [0.2, 0.25) is 0 Å². The van der Waals surface area contributed by atoms with Gasteiger partial charge in [-0.2, -0.15) is 0 Å². The van der Waals surface area contributed by atoms with Gasteiger partial charge < -0.3 is 9.64 Å². The summed E-state index contributed by atoms with van der Waals surface area (Å²) in [6.45, 7) is 14.1. The van der Waals surface area contributed by atoms with Gasteiger partial charge in [-0.25, -0.2) is 0 Å². The standard InChI is InChI=1S/C23H36N2O2/c1-5-23(6-2)17-19(27-22(23)26)11-12-24-13-15-25(16-14-24)21-10-8-7-9-20(21)18(3)4/h7-10,18-19H,5-6,11-17H2,1-4H3/t19-/m0/s1. The molecule has 0 bridgehead atoms. The first-order valence-electron chi connectivity index (χ1n) is 10.8. The second-order valence-electron chi connectivity index (χ2n) is 8.55. The summed E-state index contributed by atoms with van der Waals surface area (Å²) in [7, 11) is 0. The van der Waals surface area contributed by atoms with Crippen molar-refractivity contribution in [3.05, 3.63) is 29.8 Å². The minimum absolute atomic E-state index is 0.0348. The maximum absolute atomic E-state index is 12.3. The minimum atomic E-state index is -0.218. The van der Waals surface area contributed by atoms with Gasteiger partial charge >= 0.3 is 5.97 Å². The van der Waals surface area contributed by atoms with E-state index >= 15 is 0 Å². The molecule has 3 rings (SSSR count). The van der Waals surface area contributed by atoms with Crippen molar-refractivity contribution in [1.82, 2.24) is 4.90 Å². The van der Waals surface area contributed by atoms with Crippen LogP contribution in [0.5, 0.6) is 0 Å². The van der Waals surface area contributed by atoms with E-state index in [4.69, 9.17) is 4.74 Å². The molecule has 0 aromatic heterocycles. The van der Waals surface area contributed by atoms with Crippen molar-refractivity contribution in [1.29, 1.82) is 0 Å². The van der Waals surface area contributed by atoms with Gasteiger partial charge in [-0.05, 0) is 36.8 Å². The zero-order chi connectivity index (χ0) is 19.4. The molecule has 2 aliphatic heterocycles. The molecule has 0 radical (unpaired) electrons. The van der Waals surface area contributed by atoms with E-state index in [1.807, 2.05) is 0 Å². The first-order valence-corrected chi connectivity index (χ1v) is 10.8. The summed E-state index contributed by atoms with van der Waals surface area (Å²) in [6, 6.07) is 8.81. The molecule has 0 saturated carbocycles. The normalized spacial score (nSPS) is 23.1. The number of ether oxygens (including phenoxy) is 1. The molecule has 0 aliphatic carbocycles. The fourth-order valence-corrected chi connectivity index (χ4v) is 4.63. The van der Waals surface area contributed by atoms with Gasteiger partial charge in [0, 0.05) is 44.8 Å². The van der Waals surface area contributed by atoms with Crippen molar-refractivity contribution in [2.24, 2.45) is 5.41 Å². The lowest BCUT2D eigenvalue weighted by atomic mass is 9.79. The maximum Gasteiger partial charge on any atom is 0.312 e. The van der Waals surface area contributed by atoms with Crippen LogP contribution in [0.25, 0.3) is 0 Å². The number of cyclic esters (lactones) is 1. The quantitative estimate of drug-likeness (QED) is 0.662. The molecule has 2 fully saturated rings. The Kier molecular flexibility index (Phi) is 6.46. The Hall–Kier alpha value is -1.55. The van der Waals surface area contributed by atoms with Crippen LogP contribution >= 0.6 is 0 Å². The lowest BCUT2D eigenvalue weighted by Crippen LogP contribution is -2.47. The highest BCUT2D eigenvalue weighted by molar-refractivity contribution is 5.78. The molecular formula is C23H36N2O2. The largest absolute Gasteiger partial charge is 0.462 e. The second-order valence-corrected chi connectivity index (χ2v) is 8.55. The predicted molar refractivity (Wildman–Crippen MR) is 111 cm³/mol. The van der Waals surface area contributed by atoms with Crippen molar-refractivity contribution in [2.75, 3.05) is 37.6 Å². The SMILES string of the molecule is CCC1(CC)C[C@H](CCN2CCN(c3ccccc3C(C)C)CC2)OC1=O. The Balaban J connectivity index is 1.49. The van der Waals surface area contributed by atoms with E-state index in [9.17, 15) is 4.79 Å². The molecular weight excluding hydrogens is 336 g/mol. The van der Waals surface area contributed by atoms with Crippen LogP contribution in [0.2, 0.25) is 0 Å². The number of anilines is 1. The van der Waals surface area contributed by atoms with Crippen molar-refractivity contribution < 1.29 is 9.53 Å². The lowest BCUT2D eigenvalue weighted by Gasteiger charge is -2.37. The van der Waals surface area contributed by atoms with Crippen LogP contribution in [-0.4, -0.2) is 49.7 Å². The van der Waals surface area contributed by atoms with Crippen LogP contribution in [-0.2, 0) is 9.53 Å². The number of hydrogen-bond donors (Lipinski definition) is 0. The lowest BCUT2D eigenvalue weighted by molar-refractivity contribution is -0.149. The topological polar surface area (TPSA) is 32.8 Å². The van der Waals surface area contributed by atoms with Gasteiger partial charge in [-0.15, -0.1) is 0 Å². The van der Waals surface area contributed by atoms with Crippen LogP contribution < -0.4 is 4.90 Å². The van der Waals surface area contributed by atoms with Crippen LogP contribution in [0.3, 0.4) is 0 Å². The summed E-state index contributed by atoms with van der Waals surface area (Å²) >= 11 is 0. The van der Waals surface area contributed by atoms with Gasteiger partial charge in [0.05, 0.1) is 5.41 Å². The van der Waals surface area contributed by atoms with Gasteiger partial charge in [0.1, 0.15) is 6.10 Å². The highest BCUT2D eigenvalue weighted by atomic mass is 16.6. The average molecular weight is 373 g/mol. The van der Waals surface area contributed by atoms with Gasteiger partial charge in [-0.3, -0.25) is 9.69 Å². The fraction of sp³-hybridized carbons (Fsp3) is 0.696. The minimum Gasteiger partial charge on any atom is -0.462 e.